The largest absolute Gasteiger partial charge is 0.369 e. The van der Waals surface area contributed by atoms with Gasteiger partial charge in [-0.15, -0.1) is 0 Å². The summed E-state index contributed by atoms with van der Waals surface area (Å²) in [4.78, 5) is 18.5. The Morgan fingerprint density at radius 3 is 2.18 bits per heavy atom. The Morgan fingerprint density at radius 1 is 1.00 bits per heavy atom. The van der Waals surface area contributed by atoms with Gasteiger partial charge in [0, 0.05) is 46.0 Å². The van der Waals surface area contributed by atoms with Crippen molar-refractivity contribution in [3.05, 3.63) is 29.8 Å². The van der Waals surface area contributed by atoms with E-state index in [2.05, 4.69) is 54.8 Å². The summed E-state index contributed by atoms with van der Waals surface area (Å²) in [6.45, 7) is 11.7. The van der Waals surface area contributed by atoms with Crippen molar-refractivity contribution in [1.82, 2.24) is 9.80 Å². The number of amides is 1. The van der Waals surface area contributed by atoms with Gasteiger partial charge in [-0.3, -0.25) is 9.69 Å². The lowest BCUT2D eigenvalue weighted by Gasteiger charge is -2.40. The Morgan fingerprint density at radius 2 is 1.61 bits per heavy atom. The summed E-state index contributed by atoms with van der Waals surface area (Å²) in [5, 5.41) is 0. The van der Waals surface area contributed by atoms with E-state index in [1.54, 1.807) is 10.5 Å². The molecule has 2 fully saturated rings. The molecule has 3 rings (SSSR count). The minimum absolute atomic E-state index is 0.199. The van der Waals surface area contributed by atoms with Crippen LogP contribution in [0.5, 0.6) is 0 Å². The number of anilines is 1. The normalized spacial score (nSPS) is 24.2. The fraction of sp³-hybridized carbons (Fsp3) is 0.708. The summed E-state index contributed by atoms with van der Waals surface area (Å²) in [6, 6.07) is 9.06. The summed E-state index contributed by atoms with van der Waals surface area (Å²) in [7, 11) is 3.67. The molecule has 0 unspecified atom stereocenters. The van der Waals surface area contributed by atoms with E-state index in [-0.39, 0.29) is 5.91 Å². The van der Waals surface area contributed by atoms with Gasteiger partial charge in [0.25, 0.3) is 0 Å². The Labute approximate surface area is 171 Å². The highest BCUT2D eigenvalue weighted by Crippen LogP contribution is 2.45. The van der Waals surface area contributed by atoms with E-state index >= 15 is 0 Å². The minimum atomic E-state index is 0.199. The summed E-state index contributed by atoms with van der Waals surface area (Å²) in [5.41, 5.74) is 3.41. The Bertz CT molecular complexity index is 648. The molecule has 0 spiro atoms. The number of hydrogen-bond acceptors (Lipinski definition) is 3. The standard InChI is InChI=1S/C24H39N3O/c1-24(2,3)20-12-10-19(11-13-20)21-8-6-7-9-22(21)27-16-14-26(15-17-27)18-23(28)25(4)5/h6-9,19-20H,10-18H2,1-5H3. The van der Waals surface area contributed by atoms with Crippen LogP contribution in [0.1, 0.15) is 57.9 Å². The number of nitrogens with zero attached hydrogens (tertiary/aromatic N) is 3. The van der Waals surface area contributed by atoms with Gasteiger partial charge >= 0.3 is 0 Å². The maximum absolute atomic E-state index is 12.0. The number of rotatable bonds is 4. The molecule has 2 aliphatic rings. The van der Waals surface area contributed by atoms with Crippen LogP contribution in [-0.2, 0) is 4.79 Å². The third-order valence-electron chi connectivity index (χ3n) is 6.90. The second kappa shape index (κ2) is 8.86. The van der Waals surface area contributed by atoms with Crippen LogP contribution in [0.25, 0.3) is 0 Å². The van der Waals surface area contributed by atoms with Crippen LogP contribution in [-0.4, -0.2) is 62.5 Å². The molecule has 156 valence electrons. The third kappa shape index (κ3) is 5.08. The Kier molecular flexibility index (Phi) is 6.69. The van der Waals surface area contributed by atoms with Crippen molar-refractivity contribution in [3.63, 3.8) is 0 Å². The van der Waals surface area contributed by atoms with E-state index in [0.717, 1.165) is 32.1 Å². The lowest BCUT2D eigenvalue weighted by Crippen LogP contribution is -2.49. The molecule has 4 nitrogen and oxygen atoms in total. The summed E-state index contributed by atoms with van der Waals surface area (Å²) >= 11 is 0. The van der Waals surface area contributed by atoms with E-state index in [1.807, 2.05) is 14.1 Å². The first kappa shape index (κ1) is 21.2. The summed E-state index contributed by atoms with van der Waals surface area (Å²) in [5.74, 6) is 1.75. The molecule has 4 heteroatoms. The number of carbonyl (C=O) groups is 1. The fourth-order valence-corrected chi connectivity index (χ4v) is 4.87. The monoisotopic (exact) mass is 385 g/mol. The number of piperazine rings is 1. The van der Waals surface area contributed by atoms with E-state index in [0.29, 0.717) is 17.9 Å². The highest BCUT2D eigenvalue weighted by molar-refractivity contribution is 5.77. The maximum atomic E-state index is 12.0. The molecule has 1 aromatic rings. The van der Waals surface area contributed by atoms with Crippen LogP contribution in [0.3, 0.4) is 0 Å². The van der Waals surface area contributed by atoms with Crippen LogP contribution in [0, 0.1) is 11.3 Å². The first-order chi connectivity index (χ1) is 13.3. The zero-order valence-corrected chi connectivity index (χ0v) is 18.6. The number of likely N-dealkylation sites (N-methyl/N-ethyl adjacent to an activating group) is 1. The Hall–Kier alpha value is -1.55. The van der Waals surface area contributed by atoms with Crippen molar-refractivity contribution in [2.24, 2.45) is 11.3 Å². The van der Waals surface area contributed by atoms with Crippen molar-refractivity contribution >= 4 is 11.6 Å². The lowest BCUT2D eigenvalue weighted by molar-refractivity contribution is -0.129. The van der Waals surface area contributed by atoms with Gasteiger partial charge in [0.2, 0.25) is 5.91 Å². The lowest BCUT2D eigenvalue weighted by atomic mass is 9.68. The minimum Gasteiger partial charge on any atom is -0.369 e. The van der Waals surface area contributed by atoms with Gasteiger partial charge in [-0.1, -0.05) is 39.0 Å². The fourth-order valence-electron chi connectivity index (χ4n) is 4.87. The second-order valence-electron chi connectivity index (χ2n) is 10.0. The highest BCUT2D eigenvalue weighted by atomic mass is 16.2. The number of hydrogen-bond donors (Lipinski definition) is 0. The average Bonchev–Trinajstić information content (AvgIpc) is 2.68. The van der Waals surface area contributed by atoms with Gasteiger partial charge in [0.1, 0.15) is 0 Å². The van der Waals surface area contributed by atoms with Gasteiger partial charge in [0.05, 0.1) is 6.54 Å². The van der Waals surface area contributed by atoms with Crippen molar-refractivity contribution in [2.45, 2.75) is 52.4 Å². The van der Waals surface area contributed by atoms with Gasteiger partial charge in [-0.25, -0.2) is 0 Å². The van der Waals surface area contributed by atoms with Crippen LogP contribution >= 0.6 is 0 Å². The molecule has 1 saturated heterocycles. The van der Waals surface area contributed by atoms with E-state index in [1.165, 1.54) is 31.4 Å². The maximum Gasteiger partial charge on any atom is 0.236 e. The summed E-state index contributed by atoms with van der Waals surface area (Å²) < 4.78 is 0. The van der Waals surface area contributed by atoms with Crippen molar-refractivity contribution in [2.75, 3.05) is 51.7 Å². The molecule has 0 atom stereocenters. The molecule has 0 aromatic heterocycles. The molecule has 0 N–H and O–H groups in total. The van der Waals surface area contributed by atoms with Crippen molar-refractivity contribution in [3.8, 4) is 0 Å². The zero-order chi connectivity index (χ0) is 20.3. The van der Waals surface area contributed by atoms with Gasteiger partial charge in [0.15, 0.2) is 0 Å². The van der Waals surface area contributed by atoms with Crippen molar-refractivity contribution in [1.29, 1.82) is 0 Å². The van der Waals surface area contributed by atoms with Crippen LogP contribution in [0.4, 0.5) is 5.69 Å². The predicted molar refractivity (Wildman–Crippen MR) is 118 cm³/mol. The summed E-state index contributed by atoms with van der Waals surface area (Å²) in [6.07, 6.45) is 5.33. The molecular weight excluding hydrogens is 346 g/mol. The molecule has 0 bridgehead atoms. The SMILES string of the molecule is CN(C)C(=O)CN1CCN(c2ccccc2C2CCC(C(C)(C)C)CC2)CC1. The molecular formula is C24H39N3O. The second-order valence-corrected chi connectivity index (χ2v) is 10.0. The van der Waals surface area contributed by atoms with Crippen molar-refractivity contribution < 1.29 is 4.79 Å². The molecule has 1 aliphatic heterocycles. The smallest absolute Gasteiger partial charge is 0.236 e. The highest BCUT2D eigenvalue weighted by Gasteiger charge is 2.31. The van der Waals surface area contributed by atoms with Gasteiger partial charge in [-0.2, -0.15) is 0 Å². The van der Waals surface area contributed by atoms with E-state index < -0.39 is 0 Å². The first-order valence-electron chi connectivity index (χ1n) is 11.0. The number of carbonyl (C=O) groups excluding carboxylic acids is 1. The van der Waals surface area contributed by atoms with Crippen LogP contribution in [0.15, 0.2) is 24.3 Å². The van der Waals surface area contributed by atoms with E-state index in [9.17, 15) is 4.79 Å². The molecule has 28 heavy (non-hydrogen) atoms. The van der Waals surface area contributed by atoms with E-state index in [4.69, 9.17) is 0 Å². The van der Waals surface area contributed by atoms with Gasteiger partial charge in [-0.05, 0) is 54.6 Å². The van der Waals surface area contributed by atoms with Crippen LogP contribution < -0.4 is 4.90 Å². The number of benzene rings is 1. The first-order valence-corrected chi connectivity index (χ1v) is 11.0. The molecule has 1 saturated carbocycles. The van der Waals surface area contributed by atoms with Crippen LogP contribution in [0.2, 0.25) is 0 Å². The predicted octanol–water partition coefficient (Wildman–Crippen LogP) is 4.22. The molecule has 1 aromatic carbocycles. The number of para-hydroxylation sites is 1. The Balaban J connectivity index is 1.62. The van der Waals surface area contributed by atoms with Gasteiger partial charge < -0.3 is 9.80 Å². The molecule has 0 radical (unpaired) electrons. The molecule has 1 aliphatic carbocycles. The third-order valence-corrected chi connectivity index (χ3v) is 6.90. The average molecular weight is 386 g/mol. The topological polar surface area (TPSA) is 26.8 Å². The zero-order valence-electron chi connectivity index (χ0n) is 18.6. The molecule has 1 amide bonds. The quantitative estimate of drug-likeness (QED) is 0.776. The molecule has 1 heterocycles.